The van der Waals surface area contributed by atoms with Gasteiger partial charge in [-0.15, -0.1) is 24.8 Å². The lowest BCUT2D eigenvalue weighted by Crippen LogP contribution is -2.62. The number of pyridine rings is 1. The second-order valence-electron chi connectivity index (χ2n) is 12.5. The molecule has 4 heterocycles. The number of fused-ring (bicyclic) bond motifs is 1. The van der Waals surface area contributed by atoms with Crippen LogP contribution >= 0.6 is 24.8 Å². The van der Waals surface area contributed by atoms with Crippen molar-refractivity contribution >= 4 is 36.4 Å². The van der Waals surface area contributed by atoms with E-state index in [0.717, 1.165) is 37.8 Å². The third-order valence-corrected chi connectivity index (χ3v) is 8.58. The molecule has 1 amide bonds. The third-order valence-electron chi connectivity index (χ3n) is 8.58. The molecule has 42 heavy (non-hydrogen) atoms. The van der Waals surface area contributed by atoms with Crippen molar-refractivity contribution in [2.45, 2.75) is 70.8 Å². The van der Waals surface area contributed by atoms with Crippen LogP contribution < -0.4 is 15.8 Å². The summed E-state index contributed by atoms with van der Waals surface area (Å²) >= 11 is 0. The molecule has 8 nitrogen and oxygen atoms in total. The second-order valence-corrected chi connectivity index (χ2v) is 12.5. The van der Waals surface area contributed by atoms with Gasteiger partial charge in [0, 0.05) is 80.2 Å². The minimum absolute atomic E-state index is 0. The van der Waals surface area contributed by atoms with E-state index in [1.165, 1.54) is 16.7 Å². The molecule has 4 atom stereocenters. The van der Waals surface area contributed by atoms with Crippen LogP contribution in [0.15, 0.2) is 35.3 Å². The molecule has 0 aliphatic carbocycles. The molecule has 234 valence electrons. The number of piperazine rings is 1. The van der Waals surface area contributed by atoms with Crippen molar-refractivity contribution in [1.29, 1.82) is 0 Å². The van der Waals surface area contributed by atoms with Crippen LogP contribution in [0.25, 0.3) is 0 Å². The molecular formula is C30H43Cl2F2N5O3. The quantitative estimate of drug-likeness (QED) is 0.528. The van der Waals surface area contributed by atoms with Crippen LogP contribution in [0.4, 0.5) is 14.5 Å². The van der Waals surface area contributed by atoms with Crippen molar-refractivity contribution in [3.8, 4) is 0 Å². The Morgan fingerprint density at radius 2 is 1.83 bits per heavy atom. The number of nitrogens with one attached hydrogen (secondary N) is 1. The second kappa shape index (κ2) is 13.7. The summed E-state index contributed by atoms with van der Waals surface area (Å²) in [7, 11) is 0. The molecule has 3 aliphatic heterocycles. The SMILES string of the molecule is C[C@@H]1CN(CC(=O)N2CC(C)(C)c3cc(=O)n(Cc4ccc(F)cc4F)cc32)[C@@H](CN2C[C@H](C)OC[C@H]2C)CN1.Cl.Cl. The first-order chi connectivity index (χ1) is 18.9. The Morgan fingerprint density at radius 3 is 2.55 bits per heavy atom. The van der Waals surface area contributed by atoms with Crippen molar-refractivity contribution in [1.82, 2.24) is 19.7 Å². The van der Waals surface area contributed by atoms with Crippen molar-refractivity contribution in [3.63, 3.8) is 0 Å². The van der Waals surface area contributed by atoms with E-state index in [4.69, 9.17) is 4.74 Å². The van der Waals surface area contributed by atoms with E-state index in [1.54, 1.807) is 17.2 Å². The predicted molar refractivity (Wildman–Crippen MR) is 165 cm³/mol. The minimum atomic E-state index is -0.705. The molecule has 1 aromatic carbocycles. The number of carbonyl (C=O) groups excluding carboxylic acids is 1. The average Bonchev–Trinajstić information content (AvgIpc) is 3.14. The number of benzene rings is 1. The molecule has 0 unspecified atom stereocenters. The minimum Gasteiger partial charge on any atom is -0.376 e. The first-order valence-corrected chi connectivity index (χ1v) is 14.2. The van der Waals surface area contributed by atoms with Crippen LogP contribution in [0.2, 0.25) is 0 Å². The number of halogens is 4. The van der Waals surface area contributed by atoms with Crippen LogP contribution in [0.3, 0.4) is 0 Å². The highest BCUT2D eigenvalue weighted by atomic mass is 35.5. The van der Waals surface area contributed by atoms with Crippen LogP contribution in [0.5, 0.6) is 0 Å². The Bertz CT molecular complexity index is 1330. The van der Waals surface area contributed by atoms with Gasteiger partial charge in [-0.2, -0.15) is 0 Å². The number of rotatable bonds is 6. The van der Waals surface area contributed by atoms with E-state index in [9.17, 15) is 18.4 Å². The van der Waals surface area contributed by atoms with Gasteiger partial charge in [0.15, 0.2) is 0 Å². The lowest BCUT2D eigenvalue weighted by Gasteiger charge is -2.44. The standard InChI is InChI=1S/C30H41F2N5O3.2ClH/c1-19-11-35(24(10-33-19)14-34-12-21(3)40-17-20(34)2)16-29(39)37-18-30(4,5)25-9-28(38)36(15-27(25)37)13-22-6-7-23(31)8-26(22)32;;/h6-9,15,19-21,24,33H,10-14,16-18H2,1-5H3;2*1H/t19-,20-,21+,24-;;/m1../s1. The summed E-state index contributed by atoms with van der Waals surface area (Å²) < 4.78 is 35.0. The van der Waals surface area contributed by atoms with E-state index in [1.807, 2.05) is 13.8 Å². The number of aromatic nitrogens is 1. The van der Waals surface area contributed by atoms with E-state index < -0.39 is 17.0 Å². The van der Waals surface area contributed by atoms with Gasteiger partial charge >= 0.3 is 0 Å². The van der Waals surface area contributed by atoms with Crippen molar-refractivity contribution < 1.29 is 18.3 Å². The fraction of sp³-hybridized carbons (Fsp3) is 0.600. The maximum Gasteiger partial charge on any atom is 0.251 e. The zero-order chi connectivity index (χ0) is 28.8. The number of carbonyl (C=O) groups is 1. The van der Waals surface area contributed by atoms with Gasteiger partial charge in [0.25, 0.3) is 5.56 Å². The highest BCUT2D eigenvalue weighted by molar-refractivity contribution is 5.97. The molecule has 2 saturated heterocycles. The summed E-state index contributed by atoms with van der Waals surface area (Å²) in [5.74, 6) is -1.39. The van der Waals surface area contributed by atoms with E-state index in [-0.39, 0.29) is 73.1 Å². The van der Waals surface area contributed by atoms with Gasteiger partial charge in [-0.05, 0) is 32.4 Å². The zero-order valence-electron chi connectivity index (χ0n) is 24.9. The number of morpholine rings is 1. The molecule has 0 saturated carbocycles. The van der Waals surface area contributed by atoms with Crippen LogP contribution in [-0.4, -0.2) is 90.4 Å². The molecule has 0 spiro atoms. The average molecular weight is 631 g/mol. The molecule has 2 aromatic rings. The maximum absolute atomic E-state index is 14.4. The highest BCUT2D eigenvalue weighted by Gasteiger charge is 2.40. The topological polar surface area (TPSA) is 70.1 Å². The fourth-order valence-electron chi connectivity index (χ4n) is 6.22. The number of amides is 1. The third kappa shape index (κ3) is 7.34. The van der Waals surface area contributed by atoms with Gasteiger partial charge in [0.1, 0.15) is 11.6 Å². The predicted octanol–water partition coefficient (Wildman–Crippen LogP) is 3.41. The number of anilines is 1. The van der Waals surface area contributed by atoms with Gasteiger partial charge in [-0.1, -0.05) is 19.9 Å². The molecular weight excluding hydrogens is 587 g/mol. The van der Waals surface area contributed by atoms with Gasteiger partial charge in [-0.25, -0.2) is 8.78 Å². The molecule has 3 aliphatic rings. The molecule has 1 N–H and O–H groups in total. The first-order valence-electron chi connectivity index (χ1n) is 14.2. The number of nitrogens with zero attached hydrogens (tertiary/aromatic N) is 4. The Morgan fingerprint density at radius 1 is 1.10 bits per heavy atom. The van der Waals surface area contributed by atoms with Crippen LogP contribution in [0, 0.1) is 11.6 Å². The normalized spacial score (nSPS) is 25.8. The summed E-state index contributed by atoms with van der Waals surface area (Å²) in [6.07, 6.45) is 1.84. The zero-order valence-corrected chi connectivity index (χ0v) is 26.6. The van der Waals surface area contributed by atoms with Crippen LogP contribution in [0.1, 0.15) is 45.7 Å². The molecule has 2 fully saturated rings. The first kappa shape index (κ1) is 34.4. The van der Waals surface area contributed by atoms with Crippen molar-refractivity contribution in [3.05, 3.63) is 63.6 Å². The summed E-state index contributed by atoms with van der Waals surface area (Å²) in [4.78, 5) is 33.4. The monoisotopic (exact) mass is 629 g/mol. The van der Waals surface area contributed by atoms with Gasteiger partial charge in [-0.3, -0.25) is 19.4 Å². The maximum atomic E-state index is 14.4. The van der Waals surface area contributed by atoms with E-state index >= 15 is 0 Å². The lowest BCUT2D eigenvalue weighted by atomic mass is 9.87. The van der Waals surface area contributed by atoms with Crippen molar-refractivity contribution in [2.75, 3.05) is 50.8 Å². The highest BCUT2D eigenvalue weighted by Crippen LogP contribution is 2.39. The Balaban J connectivity index is 0.00000242. The number of ether oxygens (including phenoxy) is 1. The summed E-state index contributed by atoms with van der Waals surface area (Å²) in [6, 6.07) is 5.66. The summed E-state index contributed by atoms with van der Waals surface area (Å²) in [6.45, 7) is 15.1. The summed E-state index contributed by atoms with van der Waals surface area (Å²) in [5, 5.41) is 3.58. The van der Waals surface area contributed by atoms with Crippen LogP contribution in [-0.2, 0) is 21.5 Å². The molecule has 1 aromatic heterocycles. The Labute approximate surface area is 259 Å². The molecule has 0 bridgehead atoms. The lowest BCUT2D eigenvalue weighted by molar-refractivity contribution is -0.121. The smallest absolute Gasteiger partial charge is 0.251 e. The summed E-state index contributed by atoms with van der Waals surface area (Å²) in [5.41, 5.74) is 1.01. The molecule has 12 heteroatoms. The van der Waals surface area contributed by atoms with Gasteiger partial charge in [0.05, 0.1) is 31.5 Å². The van der Waals surface area contributed by atoms with Gasteiger partial charge in [0.2, 0.25) is 5.91 Å². The van der Waals surface area contributed by atoms with E-state index in [2.05, 4.69) is 35.9 Å². The molecule has 5 rings (SSSR count). The Hall–Kier alpha value is -2.08. The Kier molecular flexibility index (Phi) is 11.2. The van der Waals surface area contributed by atoms with E-state index in [0.29, 0.717) is 24.9 Å². The van der Waals surface area contributed by atoms with Gasteiger partial charge < -0.3 is 19.5 Å². The number of hydrogen-bond acceptors (Lipinski definition) is 6. The molecule has 0 radical (unpaired) electrons. The van der Waals surface area contributed by atoms with Crippen molar-refractivity contribution in [2.24, 2.45) is 0 Å². The fourth-order valence-corrected chi connectivity index (χ4v) is 6.22. The largest absolute Gasteiger partial charge is 0.376 e. The number of hydrogen-bond donors (Lipinski definition) is 1.